The van der Waals surface area contributed by atoms with E-state index in [-0.39, 0.29) is 54.4 Å². The van der Waals surface area contributed by atoms with Crippen molar-refractivity contribution in [3.05, 3.63) is 88.0 Å². The monoisotopic (exact) mass is 674 g/mol. The topological polar surface area (TPSA) is 123 Å². The number of aryl methyl sites for hydroxylation is 2. The summed E-state index contributed by atoms with van der Waals surface area (Å²) >= 11 is 0. The number of rotatable bonds is 8. The van der Waals surface area contributed by atoms with Crippen LogP contribution in [0, 0.1) is 25.7 Å². The van der Waals surface area contributed by atoms with Gasteiger partial charge in [0, 0.05) is 61.0 Å². The van der Waals surface area contributed by atoms with Crippen molar-refractivity contribution in [3.8, 4) is 0 Å². The Balaban J connectivity index is 0.909. The van der Waals surface area contributed by atoms with Crippen LogP contribution >= 0.6 is 0 Å². The first-order chi connectivity index (χ1) is 24.2. The summed E-state index contributed by atoms with van der Waals surface area (Å²) in [7, 11) is 0. The summed E-state index contributed by atoms with van der Waals surface area (Å²) in [6.07, 6.45) is 6.71. The average molecular weight is 675 g/mol. The first-order valence-electron chi connectivity index (χ1n) is 18.7. The number of hydrogen-bond acceptors (Lipinski definition) is 6. The van der Waals surface area contributed by atoms with Crippen LogP contribution < -0.4 is 31.9 Å². The molecule has 9 nitrogen and oxygen atoms in total. The fourth-order valence-corrected chi connectivity index (χ4v) is 9.15. The summed E-state index contributed by atoms with van der Waals surface area (Å²) in [6, 6.07) is 18.3. The predicted molar refractivity (Wildman–Crippen MR) is 197 cm³/mol. The molecular weight excluding hydrogens is 624 g/mol. The molecule has 0 aromatic heterocycles. The molecule has 50 heavy (non-hydrogen) atoms. The lowest BCUT2D eigenvalue weighted by Gasteiger charge is -2.42. The summed E-state index contributed by atoms with van der Waals surface area (Å²) in [5.41, 5.74) is 10.1. The number of para-hydroxylation sites is 2. The zero-order valence-corrected chi connectivity index (χ0v) is 29.4. The maximum Gasteiger partial charge on any atom is 0.243 e. The minimum Gasteiger partial charge on any atom is -0.373 e. The standard InChI is InChI=1S/C41H50N6O3/c1-4-24-15-30(21-42-38(24)39(25-12-13-25)47-41(50)33-18-27-10-7-8-22(2)36(27)45-33)28-14-23(3)37-29(16-28)19-34(46-37)40(49)43-31-17-26-9-5-6-11-32(26)44-35(48)20-31/h5-11,14,16,24-25,30-31,33-34,38-39,42,45-46H,4,12-13,15,17-21H2,1-3H3,(H,43,49)(H,44,48)(H,47,50). The normalized spacial score (nSPS) is 27.4. The van der Waals surface area contributed by atoms with Crippen molar-refractivity contribution < 1.29 is 14.4 Å². The summed E-state index contributed by atoms with van der Waals surface area (Å²) in [5.74, 6) is 1.32. The molecular formula is C41H50N6O3. The highest BCUT2D eigenvalue weighted by Gasteiger charge is 2.44. The molecule has 1 saturated carbocycles. The van der Waals surface area contributed by atoms with E-state index in [1.165, 1.54) is 35.1 Å². The molecule has 3 aromatic rings. The molecule has 0 bridgehead atoms. The molecule has 3 aromatic carbocycles. The van der Waals surface area contributed by atoms with Gasteiger partial charge in [0.25, 0.3) is 0 Å². The van der Waals surface area contributed by atoms with Gasteiger partial charge in [-0.2, -0.15) is 0 Å². The van der Waals surface area contributed by atoms with Gasteiger partial charge in [-0.1, -0.05) is 61.9 Å². The molecule has 4 heterocycles. The Labute approximate surface area is 295 Å². The molecule has 0 spiro atoms. The number of carbonyl (C=O) groups excluding carboxylic acids is 3. The number of anilines is 3. The third kappa shape index (κ3) is 6.48. The zero-order valence-electron chi connectivity index (χ0n) is 29.4. The first kappa shape index (κ1) is 32.8. The van der Waals surface area contributed by atoms with Crippen LogP contribution in [0.1, 0.15) is 78.3 Å². The Kier molecular flexibility index (Phi) is 8.79. The van der Waals surface area contributed by atoms with Gasteiger partial charge >= 0.3 is 0 Å². The molecule has 6 N–H and O–H groups in total. The van der Waals surface area contributed by atoms with Gasteiger partial charge in [-0.25, -0.2) is 0 Å². The van der Waals surface area contributed by atoms with Crippen LogP contribution in [-0.4, -0.2) is 54.5 Å². The van der Waals surface area contributed by atoms with E-state index in [1.807, 2.05) is 24.3 Å². The average Bonchev–Trinajstić information content (AvgIpc) is 3.73. The number of hydrogen-bond donors (Lipinski definition) is 6. The van der Waals surface area contributed by atoms with Gasteiger partial charge < -0.3 is 31.9 Å². The van der Waals surface area contributed by atoms with E-state index in [0.717, 1.165) is 54.0 Å². The lowest BCUT2D eigenvalue weighted by molar-refractivity contribution is -0.124. The number of nitrogens with one attached hydrogen (secondary N) is 6. The SMILES string of the molecule is CCC1CC(c2cc(C)c3c(c2)CC(C(=O)NC2CC(=O)Nc4ccccc4C2)N3)CNC1C(NC(=O)C1Cc2cccc(C)c2N1)C1CC1. The number of carbonyl (C=O) groups is 3. The minimum atomic E-state index is -0.369. The summed E-state index contributed by atoms with van der Waals surface area (Å²) in [6.45, 7) is 7.38. The minimum absolute atomic E-state index is 0.0625. The van der Waals surface area contributed by atoms with Crippen LogP contribution in [0.25, 0.3) is 0 Å². The summed E-state index contributed by atoms with van der Waals surface area (Å²) < 4.78 is 0. The van der Waals surface area contributed by atoms with Gasteiger partial charge in [-0.3, -0.25) is 14.4 Å². The molecule has 262 valence electrons. The highest BCUT2D eigenvalue weighted by Crippen LogP contribution is 2.42. The second-order valence-electron chi connectivity index (χ2n) is 15.5. The fourth-order valence-electron chi connectivity index (χ4n) is 9.15. The molecule has 1 saturated heterocycles. The lowest BCUT2D eigenvalue weighted by atomic mass is 9.76. The molecule has 4 aliphatic heterocycles. The van der Waals surface area contributed by atoms with Crippen LogP contribution in [0.4, 0.5) is 17.1 Å². The van der Waals surface area contributed by atoms with Crippen molar-refractivity contribution in [1.82, 2.24) is 16.0 Å². The van der Waals surface area contributed by atoms with Crippen LogP contribution in [-0.2, 0) is 33.6 Å². The van der Waals surface area contributed by atoms with Crippen LogP contribution in [0.2, 0.25) is 0 Å². The van der Waals surface area contributed by atoms with Crippen molar-refractivity contribution in [2.75, 3.05) is 22.5 Å². The quantitative estimate of drug-likeness (QED) is 0.198. The molecule has 3 amide bonds. The Morgan fingerprint density at radius 1 is 0.840 bits per heavy atom. The van der Waals surface area contributed by atoms with E-state index in [1.54, 1.807) is 0 Å². The second kappa shape index (κ2) is 13.4. The summed E-state index contributed by atoms with van der Waals surface area (Å²) in [4.78, 5) is 39.7. The summed E-state index contributed by atoms with van der Waals surface area (Å²) in [5, 5.41) is 20.6. The van der Waals surface area contributed by atoms with Crippen LogP contribution in [0.15, 0.2) is 54.6 Å². The van der Waals surface area contributed by atoms with E-state index in [9.17, 15) is 14.4 Å². The molecule has 9 heteroatoms. The van der Waals surface area contributed by atoms with Crippen molar-refractivity contribution in [3.63, 3.8) is 0 Å². The fraction of sp³-hybridized carbons (Fsp3) is 0.488. The predicted octanol–water partition coefficient (Wildman–Crippen LogP) is 5.11. The van der Waals surface area contributed by atoms with Gasteiger partial charge in [0.1, 0.15) is 12.1 Å². The third-order valence-electron chi connectivity index (χ3n) is 12.0. The van der Waals surface area contributed by atoms with Crippen LogP contribution in [0.5, 0.6) is 0 Å². The lowest BCUT2D eigenvalue weighted by Crippen LogP contribution is -2.59. The molecule has 1 aliphatic carbocycles. The number of benzene rings is 3. The number of amides is 3. The highest BCUT2D eigenvalue weighted by atomic mass is 16.2. The zero-order chi connectivity index (χ0) is 34.5. The van der Waals surface area contributed by atoms with E-state index in [4.69, 9.17) is 0 Å². The van der Waals surface area contributed by atoms with Crippen molar-refractivity contribution in [1.29, 1.82) is 0 Å². The van der Waals surface area contributed by atoms with Crippen molar-refractivity contribution in [2.24, 2.45) is 11.8 Å². The van der Waals surface area contributed by atoms with Crippen LogP contribution in [0.3, 0.4) is 0 Å². The van der Waals surface area contributed by atoms with Crippen molar-refractivity contribution >= 4 is 34.8 Å². The Bertz CT molecular complexity index is 1820. The molecule has 8 rings (SSSR count). The van der Waals surface area contributed by atoms with E-state index >= 15 is 0 Å². The molecule has 2 fully saturated rings. The van der Waals surface area contributed by atoms with E-state index in [2.05, 4.69) is 83.0 Å². The van der Waals surface area contributed by atoms with E-state index < -0.39 is 0 Å². The Morgan fingerprint density at radius 2 is 1.58 bits per heavy atom. The van der Waals surface area contributed by atoms with Gasteiger partial charge in [-0.15, -0.1) is 0 Å². The molecule has 0 radical (unpaired) electrons. The van der Waals surface area contributed by atoms with Gasteiger partial charge in [-0.05, 0) is 96.7 Å². The number of fused-ring (bicyclic) bond motifs is 3. The maximum atomic E-state index is 13.6. The molecule has 7 unspecified atom stereocenters. The molecule has 7 atom stereocenters. The van der Waals surface area contributed by atoms with Gasteiger partial charge in [0.15, 0.2) is 0 Å². The Hall–Kier alpha value is -4.37. The Morgan fingerprint density at radius 3 is 2.36 bits per heavy atom. The highest BCUT2D eigenvalue weighted by molar-refractivity contribution is 5.94. The smallest absolute Gasteiger partial charge is 0.243 e. The third-order valence-corrected chi connectivity index (χ3v) is 12.0. The first-order valence-corrected chi connectivity index (χ1v) is 18.7. The maximum absolute atomic E-state index is 13.6. The van der Waals surface area contributed by atoms with Gasteiger partial charge in [0.2, 0.25) is 17.7 Å². The second-order valence-corrected chi connectivity index (χ2v) is 15.5. The van der Waals surface area contributed by atoms with Crippen molar-refractivity contribution in [2.45, 2.75) is 108 Å². The molecule has 5 aliphatic rings. The van der Waals surface area contributed by atoms with Gasteiger partial charge in [0.05, 0.1) is 0 Å². The van der Waals surface area contributed by atoms with E-state index in [0.29, 0.717) is 30.6 Å². The largest absolute Gasteiger partial charge is 0.373 e. The number of piperidine rings is 1.